The Labute approximate surface area is 195 Å². The van der Waals surface area contributed by atoms with Crippen LogP contribution in [-0.2, 0) is 9.59 Å². The van der Waals surface area contributed by atoms with E-state index >= 15 is 0 Å². The van der Waals surface area contributed by atoms with Crippen molar-refractivity contribution >= 4 is 34.4 Å². The number of imidazole rings is 1. The van der Waals surface area contributed by atoms with Crippen LogP contribution < -0.4 is 9.64 Å². The van der Waals surface area contributed by atoms with Gasteiger partial charge in [-0.3, -0.25) is 14.5 Å². The molecule has 1 aliphatic rings. The van der Waals surface area contributed by atoms with E-state index in [0.29, 0.717) is 28.2 Å². The van der Waals surface area contributed by atoms with Gasteiger partial charge in [-0.15, -0.1) is 0 Å². The molecule has 1 saturated heterocycles. The van der Waals surface area contributed by atoms with Crippen molar-refractivity contribution in [2.24, 2.45) is 0 Å². The second-order valence-corrected chi connectivity index (χ2v) is 8.38. The van der Waals surface area contributed by atoms with Crippen LogP contribution in [0.4, 0.5) is 5.95 Å². The van der Waals surface area contributed by atoms with Crippen molar-refractivity contribution in [2.45, 2.75) is 26.8 Å². The molecule has 0 spiro atoms. The lowest BCUT2D eigenvalue weighted by atomic mass is 9.97. The van der Waals surface area contributed by atoms with E-state index in [9.17, 15) is 14.7 Å². The number of rotatable bonds is 4. The van der Waals surface area contributed by atoms with E-state index in [0.717, 1.165) is 16.6 Å². The summed E-state index contributed by atoms with van der Waals surface area (Å²) in [6.07, 6.45) is 1.46. The number of benzene rings is 2. The van der Waals surface area contributed by atoms with E-state index < -0.39 is 17.7 Å². The molecule has 1 aliphatic heterocycles. The van der Waals surface area contributed by atoms with Crippen molar-refractivity contribution in [2.75, 3.05) is 12.0 Å². The number of hydrogen-bond donors (Lipinski definition) is 2. The Kier molecular flexibility index (Phi) is 5.01. The van der Waals surface area contributed by atoms with Gasteiger partial charge in [0.2, 0.25) is 5.95 Å². The Morgan fingerprint density at radius 2 is 1.85 bits per heavy atom. The molecule has 172 valence electrons. The molecular weight excluding hydrogens is 434 g/mol. The largest absolute Gasteiger partial charge is 0.507 e. The topological polar surface area (TPSA) is 109 Å². The highest BCUT2D eigenvalue weighted by Gasteiger charge is 2.49. The molecule has 2 N–H and O–H groups in total. The standard InChI is InChI=1S/C26H23N3O5/c1-13-11-18-19(12-14(13)2)28-26(27-18)29-22(20-6-5-9-34-20)21(24(31)25(29)32)23(30)17-8-7-16(33-4)10-15(17)3/h5-12,22,30H,1-4H3,(H,27,28)/b23-21+. The third kappa shape index (κ3) is 3.26. The third-order valence-electron chi connectivity index (χ3n) is 6.26. The summed E-state index contributed by atoms with van der Waals surface area (Å²) < 4.78 is 10.8. The van der Waals surface area contributed by atoms with Crippen molar-refractivity contribution in [3.8, 4) is 5.75 Å². The predicted octanol–water partition coefficient (Wildman–Crippen LogP) is 4.72. The third-order valence-corrected chi connectivity index (χ3v) is 6.26. The zero-order valence-corrected chi connectivity index (χ0v) is 19.2. The van der Waals surface area contributed by atoms with Crippen LogP contribution in [-0.4, -0.2) is 33.9 Å². The van der Waals surface area contributed by atoms with Gasteiger partial charge in [0.05, 0.1) is 30.0 Å². The van der Waals surface area contributed by atoms with Crippen LogP contribution in [0.2, 0.25) is 0 Å². The van der Waals surface area contributed by atoms with E-state index in [2.05, 4.69) is 9.97 Å². The van der Waals surface area contributed by atoms with Gasteiger partial charge in [-0.2, -0.15) is 0 Å². The summed E-state index contributed by atoms with van der Waals surface area (Å²) in [5, 5.41) is 11.3. The van der Waals surface area contributed by atoms with Gasteiger partial charge in [0.1, 0.15) is 23.3 Å². The molecule has 5 rings (SSSR count). The van der Waals surface area contributed by atoms with E-state index in [1.807, 2.05) is 26.0 Å². The quantitative estimate of drug-likeness (QED) is 0.261. The van der Waals surface area contributed by atoms with E-state index in [4.69, 9.17) is 9.15 Å². The summed E-state index contributed by atoms with van der Waals surface area (Å²) in [5.41, 5.74) is 4.59. The fourth-order valence-corrected chi connectivity index (χ4v) is 4.31. The average molecular weight is 457 g/mol. The first-order chi connectivity index (χ1) is 16.3. The Morgan fingerprint density at radius 3 is 2.53 bits per heavy atom. The minimum atomic E-state index is -0.987. The van der Waals surface area contributed by atoms with Crippen molar-refractivity contribution in [3.63, 3.8) is 0 Å². The Morgan fingerprint density at radius 1 is 1.09 bits per heavy atom. The Bertz CT molecular complexity index is 1440. The monoisotopic (exact) mass is 457 g/mol. The van der Waals surface area contributed by atoms with Gasteiger partial charge >= 0.3 is 5.91 Å². The summed E-state index contributed by atoms with van der Waals surface area (Å²) in [6, 6.07) is 11.3. The van der Waals surface area contributed by atoms with Crippen LogP contribution >= 0.6 is 0 Å². The number of aryl methyl sites for hydroxylation is 3. The van der Waals surface area contributed by atoms with Gasteiger partial charge in [0, 0.05) is 5.56 Å². The molecule has 0 radical (unpaired) electrons. The fourth-order valence-electron chi connectivity index (χ4n) is 4.31. The molecule has 1 atom stereocenters. The number of carbonyl (C=O) groups is 2. The minimum Gasteiger partial charge on any atom is -0.507 e. The highest BCUT2D eigenvalue weighted by molar-refractivity contribution is 6.51. The smallest absolute Gasteiger partial charge is 0.302 e. The number of nitrogens with zero attached hydrogens (tertiary/aromatic N) is 2. The number of amides is 1. The molecule has 2 aromatic heterocycles. The molecule has 1 fully saturated rings. The second kappa shape index (κ2) is 7.91. The summed E-state index contributed by atoms with van der Waals surface area (Å²) in [4.78, 5) is 35.5. The summed E-state index contributed by atoms with van der Waals surface area (Å²) in [6.45, 7) is 5.76. The van der Waals surface area contributed by atoms with Crippen LogP contribution in [0.1, 0.15) is 34.1 Å². The molecule has 3 heterocycles. The maximum Gasteiger partial charge on any atom is 0.302 e. The van der Waals surface area contributed by atoms with Crippen LogP contribution in [0.3, 0.4) is 0 Å². The maximum atomic E-state index is 13.3. The molecule has 4 aromatic rings. The molecule has 2 aromatic carbocycles. The minimum absolute atomic E-state index is 0.0685. The lowest BCUT2D eigenvalue weighted by molar-refractivity contribution is -0.132. The van der Waals surface area contributed by atoms with Gasteiger partial charge in [-0.1, -0.05) is 0 Å². The van der Waals surface area contributed by atoms with Crippen molar-refractivity contribution < 1.29 is 23.8 Å². The number of anilines is 1. The molecule has 0 aliphatic carbocycles. The van der Waals surface area contributed by atoms with Crippen molar-refractivity contribution in [1.82, 2.24) is 9.97 Å². The molecular formula is C26H23N3O5. The number of ether oxygens (including phenoxy) is 1. The number of H-pyrrole nitrogens is 1. The lowest BCUT2D eigenvalue weighted by Gasteiger charge is -2.20. The number of aromatic nitrogens is 2. The molecule has 1 amide bonds. The number of ketones is 1. The maximum absolute atomic E-state index is 13.3. The molecule has 8 nitrogen and oxygen atoms in total. The van der Waals surface area contributed by atoms with Crippen LogP contribution in [0, 0.1) is 20.8 Å². The van der Waals surface area contributed by atoms with Crippen molar-refractivity contribution in [3.05, 3.63) is 82.3 Å². The summed E-state index contributed by atoms with van der Waals surface area (Å²) in [5.74, 6) is -0.757. The van der Waals surface area contributed by atoms with E-state index in [1.54, 1.807) is 44.4 Å². The number of fused-ring (bicyclic) bond motifs is 1. The number of furan rings is 1. The number of aliphatic hydroxyl groups excluding tert-OH is 1. The molecule has 1 unspecified atom stereocenters. The second-order valence-electron chi connectivity index (χ2n) is 8.38. The van der Waals surface area contributed by atoms with Gasteiger partial charge < -0.3 is 19.2 Å². The number of carbonyl (C=O) groups excluding carboxylic acids is 2. The van der Waals surface area contributed by atoms with Crippen LogP contribution in [0.15, 0.2) is 58.7 Å². The number of nitrogens with one attached hydrogen (secondary N) is 1. The zero-order chi connectivity index (χ0) is 24.1. The Balaban J connectivity index is 1.71. The lowest BCUT2D eigenvalue weighted by Crippen LogP contribution is -2.30. The number of methoxy groups -OCH3 is 1. The summed E-state index contributed by atoms with van der Waals surface area (Å²) >= 11 is 0. The molecule has 34 heavy (non-hydrogen) atoms. The molecule has 0 bridgehead atoms. The van der Waals surface area contributed by atoms with E-state index in [-0.39, 0.29) is 17.3 Å². The number of hydrogen-bond acceptors (Lipinski definition) is 6. The zero-order valence-electron chi connectivity index (χ0n) is 19.2. The normalized spacial score (nSPS) is 17.6. The summed E-state index contributed by atoms with van der Waals surface area (Å²) in [7, 11) is 1.55. The van der Waals surface area contributed by atoms with Gasteiger partial charge in [0.25, 0.3) is 5.78 Å². The van der Waals surface area contributed by atoms with Gasteiger partial charge in [-0.25, -0.2) is 4.98 Å². The molecule has 0 saturated carbocycles. The first kappa shape index (κ1) is 21.5. The Hall–Kier alpha value is -4.33. The number of aliphatic hydroxyl groups is 1. The first-order valence-corrected chi connectivity index (χ1v) is 10.8. The van der Waals surface area contributed by atoms with E-state index in [1.165, 1.54) is 11.2 Å². The number of Topliss-reactive ketones (excluding diaryl/α,β-unsaturated/α-hetero) is 1. The SMILES string of the molecule is COc1ccc(/C(O)=C2\C(=O)C(=O)N(c3nc4cc(C)c(C)cc4[nH]3)C2c2ccco2)c(C)c1. The van der Waals surface area contributed by atoms with Crippen LogP contribution in [0.5, 0.6) is 5.75 Å². The average Bonchev–Trinajstić information content (AvgIpc) is 3.53. The predicted molar refractivity (Wildman–Crippen MR) is 127 cm³/mol. The van der Waals surface area contributed by atoms with Crippen molar-refractivity contribution in [1.29, 1.82) is 0 Å². The first-order valence-electron chi connectivity index (χ1n) is 10.8. The molecule has 8 heteroatoms. The number of aromatic amines is 1. The van der Waals surface area contributed by atoms with Gasteiger partial charge in [-0.05, 0) is 79.9 Å². The fraction of sp³-hybridized carbons (Fsp3) is 0.192. The highest BCUT2D eigenvalue weighted by Crippen LogP contribution is 2.42. The van der Waals surface area contributed by atoms with Crippen LogP contribution in [0.25, 0.3) is 16.8 Å². The highest BCUT2D eigenvalue weighted by atomic mass is 16.5. The van der Waals surface area contributed by atoms with Gasteiger partial charge in [0.15, 0.2) is 0 Å².